The molecule has 0 aliphatic rings. The van der Waals surface area contributed by atoms with Crippen LogP contribution in [0.25, 0.3) is 0 Å². The van der Waals surface area contributed by atoms with Gasteiger partial charge >= 0.3 is 0 Å². The lowest BCUT2D eigenvalue weighted by Crippen LogP contribution is -2.16. The molecule has 0 bridgehead atoms. The molecular formula is C45H92O18. The monoisotopic (exact) mass is 921 g/mol. The number of unbranched alkanes of at least 4 members (excludes halogenated alkanes) is 9. The maximum Gasteiger partial charge on any atom is 0.0701 e. The van der Waals surface area contributed by atoms with Crippen LogP contribution < -0.4 is 0 Å². The third-order valence-electron chi connectivity index (χ3n) is 8.71. The SMILES string of the molecule is COCCOCCOCCOCCOCCOCCOCCOCCOCCOCCOCCOCCOCCOCCOCCOCCOCCCCCCCCCCCCO. The molecule has 0 unspecified atom stereocenters. The summed E-state index contributed by atoms with van der Waals surface area (Å²) in [4.78, 5) is 0. The van der Waals surface area contributed by atoms with Gasteiger partial charge in [0.1, 0.15) is 0 Å². The van der Waals surface area contributed by atoms with Gasteiger partial charge in [-0.15, -0.1) is 0 Å². The number of aliphatic hydroxyl groups excluding tert-OH is 1. The standard InChI is InChI=1S/C45H92O18/c1-47-14-15-49-18-19-51-22-23-53-26-27-55-30-31-57-34-35-59-38-39-61-42-43-63-45-44-62-41-40-60-37-36-58-33-32-56-29-28-54-25-24-52-21-20-50-17-16-48-13-11-9-7-5-3-2-4-6-8-10-12-46/h46H,2-45H2,1H3. The highest BCUT2D eigenvalue weighted by Gasteiger charge is 1.99. The molecule has 0 fully saturated rings. The van der Waals surface area contributed by atoms with E-state index in [2.05, 4.69) is 0 Å². The summed E-state index contributed by atoms with van der Waals surface area (Å²) >= 11 is 0. The van der Waals surface area contributed by atoms with Crippen molar-refractivity contribution in [2.75, 3.05) is 232 Å². The lowest BCUT2D eigenvalue weighted by Gasteiger charge is -2.09. The van der Waals surface area contributed by atoms with Crippen molar-refractivity contribution in [1.82, 2.24) is 0 Å². The van der Waals surface area contributed by atoms with E-state index in [1.54, 1.807) is 7.11 Å². The first-order valence-corrected chi connectivity index (χ1v) is 23.8. The number of hydrogen-bond donors (Lipinski definition) is 1. The van der Waals surface area contributed by atoms with Crippen molar-refractivity contribution in [2.45, 2.75) is 64.2 Å². The molecule has 0 spiro atoms. The van der Waals surface area contributed by atoms with E-state index in [0.717, 1.165) is 25.9 Å². The Balaban J connectivity index is 3.06. The smallest absolute Gasteiger partial charge is 0.0701 e. The first kappa shape index (κ1) is 62.3. The summed E-state index contributed by atoms with van der Waals surface area (Å²) in [6.07, 6.45) is 12.2. The highest BCUT2D eigenvalue weighted by atomic mass is 16.6. The molecule has 0 atom stereocenters. The number of methoxy groups -OCH3 is 1. The molecule has 18 nitrogen and oxygen atoms in total. The van der Waals surface area contributed by atoms with Crippen molar-refractivity contribution >= 4 is 0 Å². The molecule has 0 amide bonds. The third kappa shape index (κ3) is 61.3. The molecule has 0 rings (SSSR count). The zero-order valence-electron chi connectivity index (χ0n) is 39.5. The molecule has 0 radical (unpaired) electrons. The quantitative estimate of drug-likeness (QED) is 0.0872. The van der Waals surface area contributed by atoms with Gasteiger partial charge in [0.25, 0.3) is 0 Å². The van der Waals surface area contributed by atoms with E-state index >= 15 is 0 Å². The first-order valence-electron chi connectivity index (χ1n) is 23.8. The fourth-order valence-electron chi connectivity index (χ4n) is 5.27. The van der Waals surface area contributed by atoms with Crippen LogP contribution in [0.4, 0.5) is 0 Å². The Morgan fingerprint density at radius 1 is 0.175 bits per heavy atom. The average Bonchev–Trinajstić information content (AvgIpc) is 3.29. The van der Waals surface area contributed by atoms with E-state index in [4.69, 9.17) is 85.6 Å². The second kappa shape index (κ2) is 61.3. The van der Waals surface area contributed by atoms with Crippen LogP contribution in [0.2, 0.25) is 0 Å². The van der Waals surface area contributed by atoms with Gasteiger partial charge in [-0.3, -0.25) is 0 Å². The van der Waals surface area contributed by atoms with E-state index in [-0.39, 0.29) is 0 Å². The van der Waals surface area contributed by atoms with Gasteiger partial charge < -0.3 is 85.6 Å². The Labute approximate surface area is 381 Å². The van der Waals surface area contributed by atoms with Gasteiger partial charge in [0.15, 0.2) is 0 Å². The van der Waals surface area contributed by atoms with Crippen LogP contribution in [0.5, 0.6) is 0 Å². The second-order valence-electron chi connectivity index (χ2n) is 14.0. The van der Waals surface area contributed by atoms with Gasteiger partial charge in [0.2, 0.25) is 0 Å². The van der Waals surface area contributed by atoms with Crippen molar-refractivity contribution in [1.29, 1.82) is 0 Å². The third-order valence-corrected chi connectivity index (χ3v) is 8.71. The molecule has 0 aromatic heterocycles. The number of ether oxygens (including phenoxy) is 17. The van der Waals surface area contributed by atoms with Crippen LogP contribution >= 0.6 is 0 Å². The molecule has 380 valence electrons. The average molecular weight is 921 g/mol. The zero-order chi connectivity index (χ0) is 45.1. The van der Waals surface area contributed by atoms with Gasteiger partial charge in [-0.05, 0) is 12.8 Å². The summed E-state index contributed by atoms with van der Waals surface area (Å²) in [5.74, 6) is 0. The summed E-state index contributed by atoms with van der Waals surface area (Å²) in [5.41, 5.74) is 0. The molecule has 1 N–H and O–H groups in total. The van der Waals surface area contributed by atoms with Gasteiger partial charge in [0, 0.05) is 20.3 Å². The van der Waals surface area contributed by atoms with Crippen LogP contribution in [0, 0.1) is 0 Å². The molecule has 0 aromatic rings. The normalized spacial score (nSPS) is 11.7. The minimum atomic E-state index is 0.328. The van der Waals surface area contributed by atoms with Crippen LogP contribution in [0.3, 0.4) is 0 Å². The summed E-state index contributed by atoms with van der Waals surface area (Å²) in [7, 11) is 1.65. The first-order chi connectivity index (χ1) is 31.4. The summed E-state index contributed by atoms with van der Waals surface area (Å²) in [6.45, 7) is 17.9. The largest absolute Gasteiger partial charge is 0.396 e. The van der Waals surface area contributed by atoms with Gasteiger partial charge in [-0.2, -0.15) is 0 Å². The second-order valence-corrected chi connectivity index (χ2v) is 14.0. The fourth-order valence-corrected chi connectivity index (χ4v) is 5.27. The molecule has 0 heterocycles. The minimum absolute atomic E-state index is 0.328. The topological polar surface area (TPSA) is 177 Å². The predicted octanol–water partition coefficient (Wildman–Crippen LogP) is 3.79. The van der Waals surface area contributed by atoms with Crippen LogP contribution in [0.15, 0.2) is 0 Å². The van der Waals surface area contributed by atoms with Crippen LogP contribution in [-0.2, 0) is 80.5 Å². The maximum absolute atomic E-state index is 8.79. The zero-order valence-corrected chi connectivity index (χ0v) is 39.5. The number of rotatable bonds is 60. The van der Waals surface area contributed by atoms with Crippen molar-refractivity contribution in [3.8, 4) is 0 Å². The summed E-state index contributed by atoms with van der Waals surface area (Å²) in [5, 5.41) is 8.79. The molecule has 0 saturated heterocycles. The summed E-state index contributed by atoms with van der Waals surface area (Å²) in [6, 6.07) is 0. The van der Waals surface area contributed by atoms with Gasteiger partial charge in [0.05, 0.1) is 211 Å². The van der Waals surface area contributed by atoms with E-state index in [0.29, 0.717) is 218 Å². The Morgan fingerprint density at radius 3 is 0.492 bits per heavy atom. The molecule has 63 heavy (non-hydrogen) atoms. The van der Waals surface area contributed by atoms with E-state index in [1.165, 1.54) is 44.9 Å². The Kier molecular flexibility index (Phi) is 60.6. The molecule has 0 aliphatic carbocycles. The molecular weight excluding hydrogens is 828 g/mol. The fraction of sp³-hybridized carbons (Fsp3) is 1.00. The van der Waals surface area contributed by atoms with E-state index in [9.17, 15) is 0 Å². The van der Waals surface area contributed by atoms with Gasteiger partial charge in [-0.25, -0.2) is 0 Å². The van der Waals surface area contributed by atoms with E-state index in [1.807, 2.05) is 0 Å². The van der Waals surface area contributed by atoms with Crippen molar-refractivity contribution in [3.63, 3.8) is 0 Å². The van der Waals surface area contributed by atoms with Crippen molar-refractivity contribution < 1.29 is 85.6 Å². The number of aliphatic hydroxyl groups is 1. The van der Waals surface area contributed by atoms with Crippen LogP contribution in [-0.4, -0.2) is 237 Å². The number of hydrogen-bond acceptors (Lipinski definition) is 18. The Morgan fingerprint density at radius 2 is 0.317 bits per heavy atom. The van der Waals surface area contributed by atoms with Gasteiger partial charge in [-0.1, -0.05) is 51.4 Å². The molecule has 0 aromatic carbocycles. The predicted molar refractivity (Wildman–Crippen MR) is 238 cm³/mol. The maximum atomic E-state index is 8.79. The Bertz CT molecular complexity index is 718. The van der Waals surface area contributed by atoms with Crippen molar-refractivity contribution in [2.24, 2.45) is 0 Å². The van der Waals surface area contributed by atoms with E-state index < -0.39 is 0 Å². The summed E-state index contributed by atoms with van der Waals surface area (Å²) < 4.78 is 92.9. The van der Waals surface area contributed by atoms with Crippen LogP contribution in [0.1, 0.15) is 64.2 Å². The Hall–Kier alpha value is -0.720. The molecule has 0 saturated carbocycles. The highest BCUT2D eigenvalue weighted by molar-refractivity contribution is 4.48. The molecule has 18 heteroatoms. The minimum Gasteiger partial charge on any atom is -0.396 e. The highest BCUT2D eigenvalue weighted by Crippen LogP contribution is 2.10. The lowest BCUT2D eigenvalue weighted by molar-refractivity contribution is -0.0306. The molecule has 0 aliphatic heterocycles. The lowest BCUT2D eigenvalue weighted by atomic mass is 10.1. The van der Waals surface area contributed by atoms with Crippen molar-refractivity contribution in [3.05, 3.63) is 0 Å².